The Labute approximate surface area is 156 Å². The van der Waals surface area contributed by atoms with Crippen molar-refractivity contribution in [2.45, 2.75) is 31.4 Å². The van der Waals surface area contributed by atoms with Crippen LogP contribution in [0, 0.1) is 0 Å². The number of hydrogen-bond donors (Lipinski definition) is 2. The zero-order chi connectivity index (χ0) is 19.6. The Bertz CT molecular complexity index is 831. The highest BCUT2D eigenvalue weighted by Crippen LogP contribution is 2.27. The number of carbonyl (C=O) groups excluding carboxylic acids is 1. The second-order valence-electron chi connectivity index (χ2n) is 5.97. The van der Waals surface area contributed by atoms with Crippen LogP contribution in [0.4, 0.5) is 17.6 Å². The van der Waals surface area contributed by atoms with Crippen LogP contribution in [0.15, 0.2) is 24.7 Å². The molecule has 1 saturated heterocycles. The van der Waals surface area contributed by atoms with Crippen LogP contribution in [0.1, 0.15) is 17.8 Å². The molecule has 11 heteroatoms. The summed E-state index contributed by atoms with van der Waals surface area (Å²) in [6.07, 6.45) is -2.24. The molecule has 0 radical (unpaired) electrons. The van der Waals surface area contributed by atoms with E-state index in [4.69, 9.17) is 11.6 Å². The number of carbonyl (C=O) groups is 1. The van der Waals surface area contributed by atoms with Gasteiger partial charge in [0.1, 0.15) is 6.17 Å². The van der Waals surface area contributed by atoms with Crippen molar-refractivity contribution in [3.8, 4) is 11.3 Å². The Morgan fingerprint density at radius 3 is 2.56 bits per heavy atom. The van der Waals surface area contributed by atoms with Gasteiger partial charge in [0.15, 0.2) is 0 Å². The molecular weight excluding hydrogens is 390 g/mol. The van der Waals surface area contributed by atoms with E-state index in [9.17, 15) is 22.4 Å². The maximum Gasteiger partial charge on any atom is 0.451 e. The number of amides is 1. The van der Waals surface area contributed by atoms with E-state index >= 15 is 0 Å². The molecule has 0 bridgehead atoms. The van der Waals surface area contributed by atoms with E-state index in [0.717, 1.165) is 12.4 Å². The van der Waals surface area contributed by atoms with E-state index in [1.165, 1.54) is 12.3 Å². The normalized spacial score (nSPS) is 19.9. The maximum absolute atomic E-state index is 13.1. The molecule has 0 saturated carbocycles. The molecule has 1 aliphatic heterocycles. The molecule has 2 aromatic rings. The van der Waals surface area contributed by atoms with Crippen LogP contribution in [-0.2, 0) is 17.5 Å². The van der Waals surface area contributed by atoms with E-state index in [-0.39, 0.29) is 36.0 Å². The molecule has 1 amide bonds. The van der Waals surface area contributed by atoms with Crippen molar-refractivity contribution < 1.29 is 22.4 Å². The highest BCUT2D eigenvalue weighted by atomic mass is 35.5. The van der Waals surface area contributed by atoms with Crippen LogP contribution in [-0.4, -0.2) is 39.6 Å². The van der Waals surface area contributed by atoms with Gasteiger partial charge in [-0.1, -0.05) is 11.6 Å². The zero-order valence-corrected chi connectivity index (χ0v) is 14.5. The van der Waals surface area contributed by atoms with Gasteiger partial charge in [-0.3, -0.25) is 9.78 Å². The third kappa shape index (κ3) is 4.69. The highest BCUT2D eigenvalue weighted by Gasteiger charge is 2.34. The second-order valence-corrected chi connectivity index (χ2v) is 6.37. The molecule has 144 valence electrons. The summed E-state index contributed by atoms with van der Waals surface area (Å²) >= 11 is 6.07. The zero-order valence-electron chi connectivity index (χ0n) is 13.7. The summed E-state index contributed by atoms with van der Waals surface area (Å²) in [7, 11) is 0. The molecule has 2 aromatic heterocycles. The summed E-state index contributed by atoms with van der Waals surface area (Å²) in [4.78, 5) is 22.7. The van der Waals surface area contributed by atoms with Crippen LogP contribution in [0.2, 0.25) is 5.02 Å². The van der Waals surface area contributed by atoms with E-state index in [2.05, 4.69) is 25.6 Å². The largest absolute Gasteiger partial charge is 0.451 e. The Balaban J connectivity index is 1.71. The molecule has 0 aliphatic carbocycles. The standard InChI is InChI=1S/C16H14ClF4N5O/c17-11-7-23-12(9-4-25-15(26-5-9)16(19,20)21)1-8(11)3-24-14(27)13-2-10(18)6-22-13/h1,4-5,7,10,13,22H,2-3,6H2,(H,24,27)/t10-,13-/m1/s1. The van der Waals surface area contributed by atoms with Crippen LogP contribution >= 0.6 is 11.6 Å². The fourth-order valence-corrected chi connectivity index (χ4v) is 2.75. The van der Waals surface area contributed by atoms with Crippen molar-refractivity contribution in [1.82, 2.24) is 25.6 Å². The van der Waals surface area contributed by atoms with Gasteiger partial charge in [0.25, 0.3) is 0 Å². The molecule has 0 aromatic carbocycles. The summed E-state index contributed by atoms with van der Waals surface area (Å²) in [6.45, 7) is 0.190. The van der Waals surface area contributed by atoms with Crippen LogP contribution < -0.4 is 10.6 Å². The van der Waals surface area contributed by atoms with Gasteiger partial charge in [0.2, 0.25) is 11.7 Å². The molecule has 3 heterocycles. The molecule has 0 spiro atoms. The summed E-state index contributed by atoms with van der Waals surface area (Å²) in [5.41, 5.74) is 1.08. The Kier molecular flexibility index (Phi) is 5.56. The third-order valence-electron chi connectivity index (χ3n) is 3.98. The molecule has 0 unspecified atom stereocenters. The number of halogens is 5. The SMILES string of the molecule is O=C(NCc1cc(-c2cnc(C(F)(F)F)nc2)ncc1Cl)[C@H]1C[C@@H](F)CN1. The monoisotopic (exact) mass is 403 g/mol. The topological polar surface area (TPSA) is 79.8 Å². The fraction of sp³-hybridized carbons (Fsp3) is 0.375. The van der Waals surface area contributed by atoms with Crippen molar-refractivity contribution in [1.29, 1.82) is 0 Å². The van der Waals surface area contributed by atoms with E-state index < -0.39 is 24.2 Å². The average Bonchev–Trinajstić information content (AvgIpc) is 3.07. The molecule has 2 N–H and O–H groups in total. The number of nitrogens with one attached hydrogen (secondary N) is 2. The van der Waals surface area contributed by atoms with Crippen LogP contribution in [0.3, 0.4) is 0 Å². The molecule has 1 fully saturated rings. The first-order valence-corrected chi connectivity index (χ1v) is 8.31. The lowest BCUT2D eigenvalue weighted by molar-refractivity contribution is -0.145. The van der Waals surface area contributed by atoms with Crippen LogP contribution in [0.25, 0.3) is 11.3 Å². The number of pyridine rings is 1. The predicted octanol–water partition coefficient (Wildman–Crippen LogP) is 2.53. The number of hydrogen-bond acceptors (Lipinski definition) is 5. The first kappa shape index (κ1) is 19.4. The minimum atomic E-state index is -4.63. The predicted molar refractivity (Wildman–Crippen MR) is 88.4 cm³/mol. The van der Waals surface area contributed by atoms with Crippen molar-refractivity contribution in [3.05, 3.63) is 41.1 Å². The number of rotatable bonds is 4. The van der Waals surface area contributed by atoms with E-state index in [0.29, 0.717) is 11.3 Å². The molecular formula is C16H14ClF4N5O. The molecule has 1 aliphatic rings. The lowest BCUT2D eigenvalue weighted by Crippen LogP contribution is -2.40. The lowest BCUT2D eigenvalue weighted by Gasteiger charge is -2.12. The van der Waals surface area contributed by atoms with Gasteiger partial charge < -0.3 is 10.6 Å². The van der Waals surface area contributed by atoms with Crippen molar-refractivity contribution in [2.75, 3.05) is 6.54 Å². The van der Waals surface area contributed by atoms with Gasteiger partial charge in [-0.25, -0.2) is 14.4 Å². The summed E-state index contributed by atoms with van der Waals surface area (Å²) < 4.78 is 50.8. The number of aromatic nitrogens is 3. The van der Waals surface area contributed by atoms with Crippen molar-refractivity contribution in [2.24, 2.45) is 0 Å². The third-order valence-corrected chi connectivity index (χ3v) is 4.32. The minimum Gasteiger partial charge on any atom is -0.351 e. The molecule has 27 heavy (non-hydrogen) atoms. The maximum atomic E-state index is 13.1. The Morgan fingerprint density at radius 1 is 1.26 bits per heavy atom. The Hall–Kier alpha value is -2.33. The first-order chi connectivity index (χ1) is 12.7. The van der Waals surface area contributed by atoms with Gasteiger partial charge in [-0.05, 0) is 11.6 Å². The first-order valence-electron chi connectivity index (χ1n) is 7.93. The van der Waals surface area contributed by atoms with Crippen LogP contribution in [0.5, 0.6) is 0 Å². The van der Waals surface area contributed by atoms with Gasteiger partial charge in [-0.2, -0.15) is 13.2 Å². The molecule has 6 nitrogen and oxygen atoms in total. The van der Waals surface area contributed by atoms with Gasteiger partial charge >= 0.3 is 6.18 Å². The Morgan fingerprint density at radius 2 is 1.96 bits per heavy atom. The number of alkyl halides is 4. The quantitative estimate of drug-likeness (QED) is 0.767. The summed E-state index contributed by atoms with van der Waals surface area (Å²) in [6, 6.07) is 0.914. The molecule has 3 rings (SSSR count). The van der Waals surface area contributed by atoms with E-state index in [1.54, 1.807) is 0 Å². The van der Waals surface area contributed by atoms with Crippen molar-refractivity contribution in [3.63, 3.8) is 0 Å². The van der Waals surface area contributed by atoms with Gasteiger partial charge in [-0.15, -0.1) is 0 Å². The van der Waals surface area contributed by atoms with Crippen molar-refractivity contribution >= 4 is 17.5 Å². The van der Waals surface area contributed by atoms with E-state index in [1.807, 2.05) is 0 Å². The highest BCUT2D eigenvalue weighted by molar-refractivity contribution is 6.31. The molecule has 2 atom stereocenters. The lowest BCUT2D eigenvalue weighted by atomic mass is 10.1. The average molecular weight is 404 g/mol. The van der Waals surface area contributed by atoms with Gasteiger partial charge in [0.05, 0.1) is 16.8 Å². The smallest absolute Gasteiger partial charge is 0.351 e. The minimum absolute atomic E-state index is 0.0593. The van der Waals surface area contributed by atoms with Gasteiger partial charge in [0, 0.05) is 43.7 Å². The second kappa shape index (κ2) is 7.73. The summed E-state index contributed by atoms with van der Waals surface area (Å²) in [5, 5.41) is 5.69. The number of nitrogens with zero attached hydrogens (tertiary/aromatic N) is 3. The summed E-state index contributed by atoms with van der Waals surface area (Å²) in [5.74, 6) is -1.61. The fourth-order valence-electron chi connectivity index (χ4n) is 2.58.